The fourth-order valence-corrected chi connectivity index (χ4v) is 4.54. The molecular formula is C20H16F3N3O2S2. The van der Waals surface area contributed by atoms with Gasteiger partial charge in [-0.1, -0.05) is 29.8 Å². The van der Waals surface area contributed by atoms with Crippen molar-refractivity contribution in [1.29, 1.82) is 5.26 Å². The van der Waals surface area contributed by atoms with Crippen molar-refractivity contribution in [2.75, 3.05) is 0 Å². The van der Waals surface area contributed by atoms with E-state index in [0.29, 0.717) is 22.7 Å². The number of hydrogen-bond donors (Lipinski definition) is 1. The van der Waals surface area contributed by atoms with Crippen molar-refractivity contribution in [1.82, 2.24) is 9.97 Å². The van der Waals surface area contributed by atoms with E-state index < -0.39 is 34.9 Å². The molecule has 5 nitrogen and oxygen atoms in total. The summed E-state index contributed by atoms with van der Waals surface area (Å²) in [6.07, 6.45) is -6.45. The van der Waals surface area contributed by atoms with Gasteiger partial charge in [-0.15, -0.1) is 22.7 Å². The normalized spacial score (nSPS) is 14.7. The maximum Gasteiger partial charge on any atom is 0.424 e. The summed E-state index contributed by atoms with van der Waals surface area (Å²) in [5.74, 6) is -2.60. The number of rotatable bonds is 6. The van der Waals surface area contributed by atoms with Gasteiger partial charge >= 0.3 is 6.18 Å². The van der Waals surface area contributed by atoms with E-state index in [1.807, 2.05) is 31.2 Å². The second-order valence-corrected chi connectivity index (χ2v) is 8.54. The quantitative estimate of drug-likeness (QED) is 0.576. The summed E-state index contributed by atoms with van der Waals surface area (Å²) in [4.78, 5) is 20.7. The van der Waals surface area contributed by atoms with Crippen LogP contribution in [0.25, 0.3) is 11.3 Å². The minimum absolute atomic E-state index is 0.0814. The van der Waals surface area contributed by atoms with E-state index in [0.717, 1.165) is 22.5 Å². The van der Waals surface area contributed by atoms with Crippen LogP contribution in [-0.4, -0.2) is 27.0 Å². The monoisotopic (exact) mass is 451 g/mol. The molecule has 30 heavy (non-hydrogen) atoms. The number of ketones is 1. The molecule has 10 heteroatoms. The minimum atomic E-state index is -5.14. The molecule has 2 atom stereocenters. The summed E-state index contributed by atoms with van der Waals surface area (Å²) in [5, 5.41) is 22.3. The predicted molar refractivity (Wildman–Crippen MR) is 107 cm³/mol. The lowest BCUT2D eigenvalue weighted by atomic mass is 9.91. The molecule has 0 saturated heterocycles. The molecule has 2 aromatic heterocycles. The molecule has 0 radical (unpaired) electrons. The molecular weight excluding hydrogens is 435 g/mol. The zero-order valence-corrected chi connectivity index (χ0v) is 17.5. The standard InChI is InChI=1S/C20H16F3N3O2S2/c1-11-3-5-13(6-4-11)15-10-29-17(26-15)14(8-24)16(27)7-19(28,20(21,22)23)18-25-12(2)9-30-18/h3-6,9-10,14,28H,7H2,1-2H3/t14-,19+/m0/s1. The first-order valence-electron chi connectivity index (χ1n) is 8.71. The Kier molecular flexibility index (Phi) is 6.08. The molecule has 0 saturated carbocycles. The van der Waals surface area contributed by atoms with Crippen molar-refractivity contribution in [3.63, 3.8) is 0 Å². The summed E-state index contributed by atoms with van der Waals surface area (Å²) in [5.41, 5.74) is -0.843. The molecule has 0 fully saturated rings. The molecule has 0 bridgehead atoms. The molecule has 0 amide bonds. The third-order valence-electron chi connectivity index (χ3n) is 4.44. The summed E-state index contributed by atoms with van der Waals surface area (Å²) in [7, 11) is 0. The number of halogens is 3. The van der Waals surface area contributed by atoms with Crippen molar-refractivity contribution in [3.05, 3.63) is 56.3 Å². The molecule has 3 aromatic rings. The lowest BCUT2D eigenvalue weighted by Gasteiger charge is -2.28. The number of Topliss-reactive ketones (excluding diaryl/α,β-unsaturated/α-hetero) is 1. The van der Waals surface area contributed by atoms with Crippen LogP contribution in [0.4, 0.5) is 13.2 Å². The van der Waals surface area contributed by atoms with Gasteiger partial charge in [0.15, 0.2) is 11.7 Å². The van der Waals surface area contributed by atoms with Crippen LogP contribution in [0.2, 0.25) is 0 Å². The zero-order valence-electron chi connectivity index (χ0n) is 15.9. The van der Waals surface area contributed by atoms with E-state index in [1.54, 1.807) is 11.4 Å². The Bertz CT molecular complexity index is 1100. The number of carbonyl (C=O) groups excluding carboxylic acids is 1. The van der Waals surface area contributed by atoms with E-state index in [2.05, 4.69) is 9.97 Å². The number of aliphatic hydroxyl groups is 1. The van der Waals surface area contributed by atoms with Crippen LogP contribution in [0.5, 0.6) is 0 Å². The first kappa shape index (κ1) is 22.1. The maximum absolute atomic E-state index is 13.7. The van der Waals surface area contributed by atoms with Crippen LogP contribution >= 0.6 is 22.7 Å². The third-order valence-corrected chi connectivity index (χ3v) is 6.46. The summed E-state index contributed by atoms with van der Waals surface area (Å²) < 4.78 is 41.0. The highest BCUT2D eigenvalue weighted by atomic mass is 32.1. The molecule has 1 aromatic carbocycles. The second kappa shape index (κ2) is 8.26. The predicted octanol–water partition coefficient (Wildman–Crippen LogP) is 4.90. The van der Waals surface area contributed by atoms with Crippen LogP contribution in [0.3, 0.4) is 0 Å². The van der Waals surface area contributed by atoms with Crippen molar-refractivity contribution in [2.45, 2.75) is 38.0 Å². The summed E-state index contributed by atoms with van der Waals surface area (Å²) in [6.45, 7) is 3.41. The van der Waals surface area contributed by atoms with Crippen molar-refractivity contribution >= 4 is 28.5 Å². The first-order chi connectivity index (χ1) is 14.0. The van der Waals surface area contributed by atoms with Crippen molar-refractivity contribution < 1.29 is 23.1 Å². The third kappa shape index (κ3) is 4.28. The lowest BCUT2D eigenvalue weighted by molar-refractivity contribution is -0.267. The maximum atomic E-state index is 13.7. The van der Waals surface area contributed by atoms with Crippen LogP contribution in [0.15, 0.2) is 35.0 Å². The molecule has 1 N–H and O–H groups in total. The number of aromatic nitrogens is 2. The van der Waals surface area contributed by atoms with Crippen LogP contribution < -0.4 is 0 Å². The van der Waals surface area contributed by atoms with Crippen molar-refractivity contribution in [3.8, 4) is 17.3 Å². The molecule has 0 aliphatic heterocycles. The number of nitrogens with zero attached hydrogens (tertiary/aromatic N) is 3. The average Bonchev–Trinajstić information content (AvgIpc) is 3.32. The fraction of sp³-hybridized carbons (Fsp3) is 0.300. The van der Waals surface area contributed by atoms with Gasteiger partial charge in [0.1, 0.15) is 10.0 Å². The van der Waals surface area contributed by atoms with Gasteiger partial charge in [-0.2, -0.15) is 18.4 Å². The van der Waals surface area contributed by atoms with Gasteiger partial charge in [0.2, 0.25) is 5.60 Å². The number of thiazole rings is 2. The topological polar surface area (TPSA) is 86.9 Å². The molecule has 3 rings (SSSR count). The van der Waals surface area contributed by atoms with Gasteiger partial charge < -0.3 is 5.11 Å². The van der Waals surface area contributed by atoms with Crippen LogP contribution in [-0.2, 0) is 10.4 Å². The minimum Gasteiger partial charge on any atom is -0.374 e. The molecule has 0 spiro atoms. The summed E-state index contributed by atoms with van der Waals surface area (Å²) in [6, 6.07) is 9.13. The Labute approximate surface area is 178 Å². The van der Waals surface area contributed by atoms with Gasteiger partial charge in [0.25, 0.3) is 0 Å². The highest BCUT2D eigenvalue weighted by Gasteiger charge is 2.58. The number of benzene rings is 1. The lowest BCUT2D eigenvalue weighted by Crippen LogP contribution is -2.44. The molecule has 156 valence electrons. The van der Waals surface area contributed by atoms with Gasteiger partial charge in [0, 0.05) is 22.0 Å². The van der Waals surface area contributed by atoms with Crippen LogP contribution in [0.1, 0.15) is 33.6 Å². The molecule has 0 aliphatic carbocycles. The number of hydrogen-bond acceptors (Lipinski definition) is 7. The molecule has 2 heterocycles. The van der Waals surface area contributed by atoms with Gasteiger partial charge in [-0.3, -0.25) is 4.79 Å². The summed E-state index contributed by atoms with van der Waals surface area (Å²) >= 11 is 1.63. The van der Waals surface area contributed by atoms with E-state index in [-0.39, 0.29) is 5.01 Å². The Morgan fingerprint density at radius 1 is 1.17 bits per heavy atom. The van der Waals surface area contributed by atoms with E-state index in [1.165, 1.54) is 12.3 Å². The number of alkyl halides is 3. The van der Waals surface area contributed by atoms with Gasteiger partial charge in [-0.25, -0.2) is 9.97 Å². The SMILES string of the molecule is Cc1ccc(-c2csc([C@@H](C#N)C(=O)C[C@@](O)(c3nc(C)cs3)C(F)(F)F)n2)cc1. The fourth-order valence-electron chi connectivity index (χ4n) is 2.74. The number of nitriles is 1. The highest BCUT2D eigenvalue weighted by molar-refractivity contribution is 7.10. The van der Waals surface area contributed by atoms with Gasteiger partial charge in [0.05, 0.1) is 18.2 Å². The van der Waals surface area contributed by atoms with E-state index in [9.17, 15) is 28.3 Å². The smallest absolute Gasteiger partial charge is 0.374 e. The van der Waals surface area contributed by atoms with Gasteiger partial charge in [-0.05, 0) is 13.8 Å². The Morgan fingerprint density at radius 3 is 2.37 bits per heavy atom. The first-order valence-corrected chi connectivity index (χ1v) is 10.5. The number of aryl methyl sites for hydroxylation is 2. The molecule has 0 aliphatic rings. The second-order valence-electron chi connectivity index (χ2n) is 6.79. The largest absolute Gasteiger partial charge is 0.424 e. The Morgan fingerprint density at radius 2 is 1.83 bits per heavy atom. The zero-order chi connectivity index (χ0) is 22.1. The van der Waals surface area contributed by atoms with E-state index in [4.69, 9.17) is 0 Å². The Hall–Kier alpha value is -2.61. The van der Waals surface area contributed by atoms with Crippen molar-refractivity contribution in [2.24, 2.45) is 0 Å². The molecule has 0 unspecified atom stereocenters. The number of carbonyl (C=O) groups is 1. The highest BCUT2D eigenvalue weighted by Crippen LogP contribution is 2.44. The average molecular weight is 451 g/mol. The van der Waals surface area contributed by atoms with Crippen LogP contribution in [0, 0.1) is 25.2 Å². The van der Waals surface area contributed by atoms with E-state index >= 15 is 0 Å². The Balaban J connectivity index is 1.89.